The standard InChI is InChI=1S/C24H21N3O/c25-14-17-5-7-18(8-6-17)15-27-16-20(21-3-1-2-4-22(21)27)13-23-24(28)19-9-11-26(23)12-10-19/h1-8,13,16,19H,9-12,15H2/b23-13-. The molecule has 0 atom stereocenters. The lowest BCUT2D eigenvalue weighted by molar-refractivity contribution is -0.125. The van der Waals surface area contributed by atoms with Gasteiger partial charge >= 0.3 is 0 Å². The van der Waals surface area contributed by atoms with Gasteiger partial charge in [0.1, 0.15) is 0 Å². The quantitative estimate of drug-likeness (QED) is 0.652. The van der Waals surface area contributed by atoms with Crippen molar-refractivity contribution < 1.29 is 4.79 Å². The van der Waals surface area contributed by atoms with E-state index in [2.05, 4.69) is 39.9 Å². The van der Waals surface area contributed by atoms with Gasteiger partial charge in [-0.05, 0) is 42.7 Å². The zero-order valence-corrected chi connectivity index (χ0v) is 15.6. The Bertz CT molecular complexity index is 1120. The number of para-hydroxylation sites is 1. The molecule has 3 aliphatic rings. The fraction of sp³-hybridized carbons (Fsp3) is 0.250. The van der Waals surface area contributed by atoms with E-state index >= 15 is 0 Å². The van der Waals surface area contributed by atoms with Crippen molar-refractivity contribution in [3.63, 3.8) is 0 Å². The molecule has 4 heteroatoms. The van der Waals surface area contributed by atoms with E-state index in [4.69, 9.17) is 5.26 Å². The molecule has 2 aromatic carbocycles. The molecule has 2 bridgehead atoms. The minimum atomic E-state index is 0.211. The summed E-state index contributed by atoms with van der Waals surface area (Å²) in [5.74, 6) is 0.518. The van der Waals surface area contributed by atoms with Crippen molar-refractivity contribution in [3.8, 4) is 6.07 Å². The van der Waals surface area contributed by atoms with Gasteiger partial charge in [-0.1, -0.05) is 30.3 Å². The lowest BCUT2D eigenvalue weighted by Crippen LogP contribution is -2.45. The predicted octanol–water partition coefficient (Wildman–Crippen LogP) is 4.20. The first kappa shape index (κ1) is 16.8. The van der Waals surface area contributed by atoms with Gasteiger partial charge in [0, 0.05) is 48.2 Å². The molecule has 0 N–H and O–H groups in total. The molecule has 0 saturated carbocycles. The summed E-state index contributed by atoms with van der Waals surface area (Å²) in [6.07, 6.45) is 6.23. The summed E-state index contributed by atoms with van der Waals surface area (Å²) < 4.78 is 2.23. The molecule has 3 saturated heterocycles. The van der Waals surface area contributed by atoms with Crippen LogP contribution in [0.4, 0.5) is 0 Å². The van der Waals surface area contributed by atoms with E-state index in [-0.39, 0.29) is 5.92 Å². The Morgan fingerprint density at radius 1 is 1.07 bits per heavy atom. The average Bonchev–Trinajstić information content (AvgIpc) is 3.09. The molecule has 0 spiro atoms. The second kappa shape index (κ2) is 6.69. The second-order valence-electron chi connectivity index (χ2n) is 7.69. The molecule has 4 heterocycles. The number of hydrogen-bond donors (Lipinski definition) is 0. The van der Waals surface area contributed by atoms with Crippen LogP contribution in [0.1, 0.15) is 29.5 Å². The van der Waals surface area contributed by atoms with Crippen LogP contribution in [0.2, 0.25) is 0 Å². The van der Waals surface area contributed by atoms with Crippen molar-refractivity contribution in [2.24, 2.45) is 5.92 Å². The van der Waals surface area contributed by atoms with Crippen molar-refractivity contribution in [1.29, 1.82) is 5.26 Å². The van der Waals surface area contributed by atoms with E-state index in [0.717, 1.165) is 54.8 Å². The van der Waals surface area contributed by atoms with Gasteiger partial charge in [0.25, 0.3) is 0 Å². The Kier molecular flexibility index (Phi) is 4.02. The van der Waals surface area contributed by atoms with Crippen LogP contribution in [-0.4, -0.2) is 28.3 Å². The largest absolute Gasteiger partial charge is 0.369 e. The number of piperidine rings is 3. The molecule has 28 heavy (non-hydrogen) atoms. The first-order valence-corrected chi connectivity index (χ1v) is 9.81. The summed E-state index contributed by atoms with van der Waals surface area (Å²) >= 11 is 0. The summed E-state index contributed by atoms with van der Waals surface area (Å²) in [6.45, 7) is 2.72. The first-order valence-electron chi connectivity index (χ1n) is 9.81. The van der Waals surface area contributed by atoms with Crippen LogP contribution >= 0.6 is 0 Å². The number of hydrogen-bond acceptors (Lipinski definition) is 3. The molecule has 0 amide bonds. The topological polar surface area (TPSA) is 49.0 Å². The highest BCUT2D eigenvalue weighted by Gasteiger charge is 2.36. The molecule has 0 unspecified atom stereocenters. The van der Waals surface area contributed by atoms with Crippen LogP contribution in [0.25, 0.3) is 17.0 Å². The van der Waals surface area contributed by atoms with E-state index in [1.807, 2.05) is 36.4 Å². The maximum atomic E-state index is 12.7. The fourth-order valence-electron chi connectivity index (χ4n) is 4.46. The number of allylic oxidation sites excluding steroid dienone is 1. The van der Waals surface area contributed by atoms with E-state index in [1.165, 1.54) is 5.39 Å². The van der Waals surface area contributed by atoms with Gasteiger partial charge in [-0.25, -0.2) is 0 Å². The lowest BCUT2D eigenvalue weighted by Gasteiger charge is -2.41. The number of Topliss-reactive ketones (excluding diaryl/α,β-unsaturated/α-hetero) is 1. The third-order valence-electron chi connectivity index (χ3n) is 6.01. The van der Waals surface area contributed by atoms with Crippen LogP contribution in [0, 0.1) is 17.2 Å². The van der Waals surface area contributed by atoms with E-state index in [1.54, 1.807) is 0 Å². The molecule has 138 valence electrons. The van der Waals surface area contributed by atoms with Crippen molar-refractivity contribution >= 4 is 22.8 Å². The SMILES string of the molecule is N#Cc1ccc(Cn2cc(/C=C3/C(=O)C4CCN3CC4)c3ccccc32)cc1. The number of aromatic nitrogens is 1. The van der Waals surface area contributed by atoms with Gasteiger partial charge in [-0.15, -0.1) is 0 Å². The van der Waals surface area contributed by atoms with Crippen molar-refractivity contribution in [3.05, 3.63) is 77.1 Å². The molecule has 0 radical (unpaired) electrons. The summed E-state index contributed by atoms with van der Waals surface area (Å²) in [5.41, 5.74) is 4.95. The predicted molar refractivity (Wildman–Crippen MR) is 109 cm³/mol. The lowest BCUT2D eigenvalue weighted by atomic mass is 9.84. The Morgan fingerprint density at radius 2 is 1.82 bits per heavy atom. The third-order valence-corrected chi connectivity index (χ3v) is 6.01. The van der Waals surface area contributed by atoms with Gasteiger partial charge < -0.3 is 9.47 Å². The monoisotopic (exact) mass is 367 g/mol. The highest BCUT2D eigenvalue weighted by molar-refractivity contribution is 6.04. The van der Waals surface area contributed by atoms with Gasteiger partial charge in [0.15, 0.2) is 5.78 Å². The molecule has 4 nitrogen and oxygen atoms in total. The second-order valence-corrected chi connectivity index (χ2v) is 7.69. The smallest absolute Gasteiger partial charge is 0.182 e. The van der Waals surface area contributed by atoms with Crippen LogP contribution in [0.5, 0.6) is 0 Å². The van der Waals surface area contributed by atoms with E-state index in [9.17, 15) is 4.79 Å². The van der Waals surface area contributed by atoms with Crippen molar-refractivity contribution in [2.45, 2.75) is 19.4 Å². The molecular weight excluding hydrogens is 346 g/mol. The summed E-state index contributed by atoms with van der Waals surface area (Å²) in [5, 5.41) is 10.2. The molecule has 0 aliphatic carbocycles. The van der Waals surface area contributed by atoms with E-state index in [0.29, 0.717) is 11.3 Å². The number of ketones is 1. The highest BCUT2D eigenvalue weighted by Crippen LogP contribution is 2.34. The number of rotatable bonds is 3. The van der Waals surface area contributed by atoms with Crippen LogP contribution < -0.4 is 0 Å². The molecule has 3 fully saturated rings. The number of fused-ring (bicyclic) bond motifs is 4. The minimum Gasteiger partial charge on any atom is -0.369 e. The number of nitriles is 1. The summed E-state index contributed by atoms with van der Waals surface area (Å²) in [7, 11) is 0. The van der Waals surface area contributed by atoms with Crippen LogP contribution in [-0.2, 0) is 11.3 Å². The van der Waals surface area contributed by atoms with Crippen LogP contribution in [0.15, 0.2) is 60.4 Å². The maximum absolute atomic E-state index is 12.7. The number of carbonyl (C=O) groups is 1. The molecule has 6 rings (SSSR count). The molecular formula is C24H21N3O. The summed E-state index contributed by atoms with van der Waals surface area (Å²) in [6, 6.07) is 18.2. The Hall–Kier alpha value is -3.32. The van der Waals surface area contributed by atoms with Crippen molar-refractivity contribution in [2.75, 3.05) is 13.1 Å². The first-order chi connectivity index (χ1) is 13.7. The maximum Gasteiger partial charge on any atom is 0.182 e. The van der Waals surface area contributed by atoms with Crippen molar-refractivity contribution in [1.82, 2.24) is 9.47 Å². The fourth-order valence-corrected chi connectivity index (χ4v) is 4.46. The normalized spacial score (nSPS) is 18.2. The highest BCUT2D eigenvalue weighted by atomic mass is 16.1. The number of carbonyl (C=O) groups excluding carboxylic acids is 1. The van der Waals surface area contributed by atoms with Gasteiger partial charge in [-0.2, -0.15) is 5.26 Å². The van der Waals surface area contributed by atoms with Gasteiger partial charge in [-0.3, -0.25) is 4.79 Å². The molecule has 3 aromatic rings. The zero-order valence-electron chi connectivity index (χ0n) is 15.6. The Labute approximate surface area is 164 Å². The van der Waals surface area contributed by atoms with Gasteiger partial charge in [0.2, 0.25) is 0 Å². The third kappa shape index (κ3) is 2.80. The van der Waals surface area contributed by atoms with Gasteiger partial charge in [0.05, 0.1) is 17.3 Å². The molecule has 3 aliphatic heterocycles. The molecule has 1 aromatic heterocycles. The number of nitrogens with zero attached hydrogens (tertiary/aromatic N) is 3. The minimum absolute atomic E-state index is 0.211. The Morgan fingerprint density at radius 3 is 2.54 bits per heavy atom. The number of benzene rings is 2. The van der Waals surface area contributed by atoms with Crippen LogP contribution in [0.3, 0.4) is 0 Å². The zero-order chi connectivity index (χ0) is 19.1. The summed E-state index contributed by atoms with van der Waals surface area (Å²) in [4.78, 5) is 15.0. The average molecular weight is 367 g/mol. The Balaban J connectivity index is 1.54. The van der Waals surface area contributed by atoms with E-state index < -0.39 is 0 Å².